The number of carbonyl (C=O) groups excluding carboxylic acids is 1. The van der Waals surface area contributed by atoms with E-state index in [1.807, 2.05) is 19.9 Å². The Kier molecular flexibility index (Phi) is 5.11. The van der Waals surface area contributed by atoms with E-state index in [1.54, 1.807) is 24.3 Å². The number of nitrogens with one attached hydrogen (secondary N) is 1. The van der Waals surface area contributed by atoms with Gasteiger partial charge in [0.1, 0.15) is 11.6 Å². The van der Waals surface area contributed by atoms with Crippen molar-refractivity contribution in [3.63, 3.8) is 0 Å². The lowest BCUT2D eigenvalue weighted by atomic mass is 9.82. The molecule has 4 aliphatic rings. The highest BCUT2D eigenvalue weighted by molar-refractivity contribution is 5.97. The standard InChI is InChI=1S/C25H24F2N2O5/c1-13-3-5-15(22(30)31)11-17(13)21-14(2)4-8-20(28-21)29-23(32)24(9-10-24)16-6-7-18-19(12-16)34-25(26,27)33-18/h4-8,11,13,16H,3,9-10,12H2,1-2H3,(H,30,31)(H,28,29,32). The van der Waals surface area contributed by atoms with E-state index in [-0.39, 0.29) is 41.3 Å². The Balaban J connectivity index is 1.35. The summed E-state index contributed by atoms with van der Waals surface area (Å²) in [4.78, 5) is 29.4. The van der Waals surface area contributed by atoms with Gasteiger partial charge in [0, 0.05) is 6.42 Å². The van der Waals surface area contributed by atoms with Gasteiger partial charge in [-0.1, -0.05) is 25.1 Å². The molecule has 2 unspecified atom stereocenters. The molecule has 5 rings (SSSR count). The minimum absolute atomic E-state index is 0.00644. The van der Waals surface area contributed by atoms with Crippen molar-refractivity contribution < 1.29 is 33.0 Å². The zero-order valence-corrected chi connectivity index (χ0v) is 18.7. The van der Waals surface area contributed by atoms with Crippen LogP contribution in [-0.2, 0) is 19.1 Å². The summed E-state index contributed by atoms with van der Waals surface area (Å²) >= 11 is 0. The molecule has 2 N–H and O–H groups in total. The monoisotopic (exact) mass is 470 g/mol. The highest BCUT2D eigenvalue weighted by atomic mass is 19.3. The highest BCUT2D eigenvalue weighted by Crippen LogP contribution is 2.57. The summed E-state index contributed by atoms with van der Waals surface area (Å²) in [6.07, 6.45) is 4.84. The lowest BCUT2D eigenvalue weighted by Crippen LogP contribution is -2.32. The number of halogens is 2. The number of allylic oxidation sites excluding steroid dienone is 5. The molecule has 7 nitrogen and oxygen atoms in total. The highest BCUT2D eigenvalue weighted by Gasteiger charge is 2.57. The summed E-state index contributed by atoms with van der Waals surface area (Å²) < 4.78 is 35.9. The van der Waals surface area contributed by atoms with Crippen LogP contribution in [0.3, 0.4) is 0 Å². The van der Waals surface area contributed by atoms with Crippen LogP contribution < -0.4 is 5.32 Å². The van der Waals surface area contributed by atoms with Gasteiger partial charge in [-0.2, -0.15) is 0 Å². The first kappa shape index (κ1) is 22.3. The van der Waals surface area contributed by atoms with Crippen molar-refractivity contribution in [2.45, 2.75) is 45.8 Å². The van der Waals surface area contributed by atoms with Crippen LogP contribution in [0.5, 0.6) is 0 Å². The minimum atomic E-state index is -3.67. The number of aryl methyl sites for hydroxylation is 1. The molecule has 1 aliphatic heterocycles. The Morgan fingerprint density at radius 3 is 2.71 bits per heavy atom. The summed E-state index contributed by atoms with van der Waals surface area (Å²) in [5, 5.41) is 12.3. The summed E-state index contributed by atoms with van der Waals surface area (Å²) in [5.41, 5.74) is 1.83. The molecule has 0 bridgehead atoms. The number of hydrogen-bond acceptors (Lipinski definition) is 5. The van der Waals surface area contributed by atoms with E-state index < -0.39 is 17.7 Å². The fourth-order valence-corrected chi connectivity index (χ4v) is 4.80. The number of pyridine rings is 1. The first-order valence-corrected chi connectivity index (χ1v) is 11.2. The predicted octanol–water partition coefficient (Wildman–Crippen LogP) is 4.93. The molecular weight excluding hydrogens is 446 g/mol. The molecule has 9 heteroatoms. The number of ether oxygens (including phenoxy) is 2. The molecule has 2 atom stereocenters. The maximum absolute atomic E-state index is 13.4. The molecule has 0 aromatic carbocycles. The third-order valence-electron chi connectivity index (χ3n) is 6.97. The Morgan fingerprint density at radius 2 is 2.00 bits per heavy atom. The van der Waals surface area contributed by atoms with Crippen molar-refractivity contribution in [3.05, 3.63) is 64.8 Å². The van der Waals surface area contributed by atoms with E-state index in [0.717, 1.165) is 11.1 Å². The van der Waals surface area contributed by atoms with Gasteiger partial charge in [0.05, 0.1) is 16.7 Å². The van der Waals surface area contributed by atoms with E-state index in [2.05, 4.69) is 19.8 Å². The van der Waals surface area contributed by atoms with Gasteiger partial charge in [0.25, 0.3) is 0 Å². The van der Waals surface area contributed by atoms with Crippen LogP contribution in [-0.4, -0.2) is 28.3 Å². The first-order valence-electron chi connectivity index (χ1n) is 11.2. The summed E-state index contributed by atoms with van der Waals surface area (Å²) in [6.45, 7) is 3.89. The molecule has 2 heterocycles. The number of aliphatic carboxylic acids is 1. The van der Waals surface area contributed by atoms with Crippen LogP contribution in [0.2, 0.25) is 0 Å². The van der Waals surface area contributed by atoms with Crippen LogP contribution in [0.4, 0.5) is 14.6 Å². The summed E-state index contributed by atoms with van der Waals surface area (Å²) in [7, 11) is 0. The largest absolute Gasteiger partial charge is 0.585 e. The van der Waals surface area contributed by atoms with Crippen LogP contribution in [0.15, 0.2) is 53.5 Å². The fraction of sp³-hybridized carbons (Fsp3) is 0.400. The minimum Gasteiger partial charge on any atom is -0.478 e. The van der Waals surface area contributed by atoms with Crippen molar-refractivity contribution in [1.29, 1.82) is 0 Å². The van der Waals surface area contributed by atoms with Gasteiger partial charge in [-0.05, 0) is 67.4 Å². The number of amides is 1. The number of aromatic nitrogens is 1. The number of rotatable bonds is 5. The number of nitrogens with zero attached hydrogens (tertiary/aromatic N) is 1. The van der Waals surface area contributed by atoms with Crippen molar-refractivity contribution in [1.82, 2.24) is 4.98 Å². The zero-order valence-electron chi connectivity index (χ0n) is 18.7. The van der Waals surface area contributed by atoms with Crippen molar-refractivity contribution in [3.8, 4) is 0 Å². The molecule has 1 aromatic heterocycles. The van der Waals surface area contributed by atoms with Gasteiger partial charge < -0.3 is 19.9 Å². The SMILES string of the molecule is Cc1ccc(NC(=O)C2(C3C=CC4=C(C3)OC(F)(F)O4)CC2)nc1C1=CC(C(=O)O)=CCC1C. The molecule has 0 radical (unpaired) electrons. The maximum Gasteiger partial charge on any atom is 0.585 e. The topological polar surface area (TPSA) is 97.8 Å². The van der Waals surface area contributed by atoms with E-state index >= 15 is 0 Å². The van der Waals surface area contributed by atoms with Crippen molar-refractivity contribution in [2.75, 3.05) is 5.32 Å². The number of hydrogen-bond donors (Lipinski definition) is 2. The predicted molar refractivity (Wildman–Crippen MR) is 118 cm³/mol. The van der Waals surface area contributed by atoms with Crippen molar-refractivity contribution in [2.24, 2.45) is 17.3 Å². The number of carboxylic acid groups (broad SMARTS) is 1. The second kappa shape index (κ2) is 7.78. The van der Waals surface area contributed by atoms with Gasteiger partial charge in [0.15, 0.2) is 5.76 Å². The molecule has 178 valence electrons. The van der Waals surface area contributed by atoms with E-state index in [1.165, 1.54) is 6.08 Å². The van der Waals surface area contributed by atoms with Gasteiger partial charge >= 0.3 is 12.3 Å². The third kappa shape index (κ3) is 3.89. The molecular formula is C25H24F2N2O5. The average molecular weight is 470 g/mol. The van der Waals surface area contributed by atoms with Gasteiger partial charge in [0.2, 0.25) is 5.91 Å². The molecule has 0 saturated heterocycles. The van der Waals surface area contributed by atoms with Crippen LogP contribution >= 0.6 is 0 Å². The number of alkyl halides is 2. The second-order valence-corrected chi connectivity index (χ2v) is 9.30. The second-order valence-electron chi connectivity index (χ2n) is 9.30. The fourth-order valence-electron chi connectivity index (χ4n) is 4.80. The number of anilines is 1. The molecule has 1 fully saturated rings. The van der Waals surface area contributed by atoms with Crippen molar-refractivity contribution >= 4 is 23.3 Å². The van der Waals surface area contributed by atoms with Gasteiger partial charge in [-0.25, -0.2) is 9.78 Å². The van der Waals surface area contributed by atoms with Gasteiger partial charge in [-0.15, -0.1) is 8.78 Å². The normalized spacial score (nSPS) is 26.0. The first-order chi connectivity index (χ1) is 16.1. The summed E-state index contributed by atoms with van der Waals surface area (Å²) in [5.74, 6) is -0.996. The Morgan fingerprint density at radius 1 is 1.24 bits per heavy atom. The quantitative estimate of drug-likeness (QED) is 0.634. The van der Waals surface area contributed by atoms with E-state index in [4.69, 9.17) is 0 Å². The summed E-state index contributed by atoms with van der Waals surface area (Å²) in [6, 6.07) is 3.55. The van der Waals surface area contributed by atoms with Crippen LogP contribution in [0.1, 0.15) is 43.9 Å². The average Bonchev–Trinajstić information content (AvgIpc) is 3.52. The maximum atomic E-state index is 13.4. The molecule has 3 aliphatic carbocycles. The number of carbonyl (C=O) groups is 2. The number of carboxylic acids is 1. The smallest absolute Gasteiger partial charge is 0.478 e. The van der Waals surface area contributed by atoms with E-state index in [9.17, 15) is 23.5 Å². The van der Waals surface area contributed by atoms with Crippen LogP contribution in [0.25, 0.3) is 5.57 Å². The van der Waals surface area contributed by atoms with Crippen LogP contribution in [0, 0.1) is 24.2 Å². The van der Waals surface area contributed by atoms with Gasteiger partial charge in [-0.3, -0.25) is 4.79 Å². The molecule has 1 saturated carbocycles. The Hall–Kier alpha value is -3.49. The third-order valence-corrected chi connectivity index (χ3v) is 6.97. The van der Waals surface area contributed by atoms with E-state index in [0.29, 0.717) is 30.8 Å². The molecule has 1 aromatic rings. The molecule has 34 heavy (non-hydrogen) atoms. The lowest BCUT2D eigenvalue weighted by Gasteiger charge is -2.25. The molecule has 0 spiro atoms. The lowest BCUT2D eigenvalue weighted by molar-refractivity contribution is -0.336. The Bertz CT molecular complexity index is 1210. The molecule has 1 amide bonds. The zero-order chi connectivity index (χ0) is 24.3. The Labute approximate surface area is 194 Å².